The van der Waals surface area contributed by atoms with E-state index in [4.69, 9.17) is 5.73 Å². The van der Waals surface area contributed by atoms with Crippen LogP contribution in [0.4, 0.5) is 8.78 Å². The minimum atomic E-state index is -1.21. The molecule has 0 radical (unpaired) electrons. The Bertz CT molecular complexity index is 1120. The van der Waals surface area contributed by atoms with Crippen LogP contribution in [0.25, 0.3) is 0 Å². The third-order valence-electron chi connectivity index (χ3n) is 6.69. The molecular weight excluding hydrogens is 454 g/mol. The first-order valence-corrected chi connectivity index (χ1v) is 11.9. The first-order valence-electron chi connectivity index (χ1n) is 11.9. The predicted molar refractivity (Wildman–Crippen MR) is 126 cm³/mol. The van der Waals surface area contributed by atoms with Crippen LogP contribution in [0.1, 0.15) is 58.4 Å². The molecule has 2 fully saturated rings. The van der Waals surface area contributed by atoms with Crippen LogP contribution in [0, 0.1) is 18.6 Å². The Morgan fingerprint density at radius 3 is 2.11 bits per heavy atom. The lowest BCUT2D eigenvalue weighted by atomic mass is 9.91. The van der Waals surface area contributed by atoms with Crippen LogP contribution >= 0.6 is 0 Å². The van der Waals surface area contributed by atoms with E-state index >= 15 is 0 Å². The molecule has 186 valence electrons. The fraction of sp³-hybridized carbons (Fsp3) is 0.423. The number of benzene rings is 2. The number of nitrogens with zero attached hydrogens (tertiary/aromatic N) is 2. The number of hydrogen-bond donors (Lipinski definition) is 2. The molecule has 0 bridgehead atoms. The number of nitrogens with one attached hydrogen (secondary N) is 1. The molecular formula is C26H30F2N4O3. The van der Waals surface area contributed by atoms with Gasteiger partial charge in [0.15, 0.2) is 17.8 Å². The van der Waals surface area contributed by atoms with Crippen molar-refractivity contribution < 1.29 is 23.2 Å². The lowest BCUT2D eigenvalue weighted by Gasteiger charge is -2.43. The molecule has 2 aromatic rings. The third kappa shape index (κ3) is 5.51. The van der Waals surface area contributed by atoms with E-state index in [1.54, 1.807) is 18.2 Å². The summed E-state index contributed by atoms with van der Waals surface area (Å²) in [6.45, 7) is 2.34. The van der Waals surface area contributed by atoms with Gasteiger partial charge in [-0.2, -0.15) is 0 Å². The summed E-state index contributed by atoms with van der Waals surface area (Å²) >= 11 is 0. The summed E-state index contributed by atoms with van der Waals surface area (Å²) in [5.74, 6) is -3.71. The van der Waals surface area contributed by atoms with E-state index in [0.717, 1.165) is 30.5 Å². The van der Waals surface area contributed by atoms with Crippen molar-refractivity contribution >= 4 is 17.7 Å². The van der Waals surface area contributed by atoms with Crippen LogP contribution < -0.4 is 11.1 Å². The smallest absolute Gasteiger partial charge is 0.264 e. The summed E-state index contributed by atoms with van der Waals surface area (Å²) < 4.78 is 27.3. The molecule has 4 rings (SSSR count). The maximum atomic E-state index is 13.9. The molecule has 9 heteroatoms. The Morgan fingerprint density at radius 2 is 1.51 bits per heavy atom. The molecule has 2 aromatic carbocycles. The van der Waals surface area contributed by atoms with Gasteiger partial charge in [-0.15, -0.1) is 0 Å². The fourth-order valence-corrected chi connectivity index (χ4v) is 4.81. The molecule has 35 heavy (non-hydrogen) atoms. The summed E-state index contributed by atoms with van der Waals surface area (Å²) in [6.07, 6.45) is 2.20. The van der Waals surface area contributed by atoms with E-state index in [1.165, 1.54) is 15.9 Å². The molecule has 2 aliphatic rings. The Balaban J connectivity index is 1.65. The van der Waals surface area contributed by atoms with Gasteiger partial charge in [0.25, 0.3) is 17.7 Å². The number of nitrogens with two attached hydrogens (primary N) is 1. The van der Waals surface area contributed by atoms with E-state index in [9.17, 15) is 23.2 Å². The largest absolute Gasteiger partial charge is 0.350 e. The van der Waals surface area contributed by atoms with Crippen molar-refractivity contribution in [1.29, 1.82) is 0 Å². The zero-order chi connectivity index (χ0) is 25.1. The van der Waals surface area contributed by atoms with Crippen LogP contribution in [0.3, 0.4) is 0 Å². The first kappa shape index (κ1) is 24.8. The van der Waals surface area contributed by atoms with Gasteiger partial charge in [-0.1, -0.05) is 17.7 Å². The number of amides is 3. The summed E-state index contributed by atoms with van der Waals surface area (Å²) in [6, 6.07) is 9.89. The summed E-state index contributed by atoms with van der Waals surface area (Å²) in [5.41, 5.74) is 7.20. The molecule has 3 amide bonds. The summed E-state index contributed by atoms with van der Waals surface area (Å²) in [5, 5.41) is 3.00. The van der Waals surface area contributed by atoms with Crippen molar-refractivity contribution in [2.75, 3.05) is 13.1 Å². The van der Waals surface area contributed by atoms with Crippen LogP contribution in [0.5, 0.6) is 0 Å². The van der Waals surface area contributed by atoms with E-state index in [-0.39, 0.29) is 36.6 Å². The summed E-state index contributed by atoms with van der Waals surface area (Å²) in [7, 11) is 0. The average Bonchev–Trinajstić information content (AvgIpc) is 2.85. The topological polar surface area (TPSA) is 95.7 Å². The van der Waals surface area contributed by atoms with Crippen molar-refractivity contribution in [3.8, 4) is 0 Å². The van der Waals surface area contributed by atoms with Crippen molar-refractivity contribution in [3.05, 3.63) is 70.8 Å². The molecule has 1 unspecified atom stereocenters. The molecule has 1 saturated heterocycles. The van der Waals surface area contributed by atoms with E-state index in [0.29, 0.717) is 24.8 Å². The Morgan fingerprint density at radius 1 is 0.886 bits per heavy atom. The van der Waals surface area contributed by atoms with Crippen LogP contribution in [0.2, 0.25) is 0 Å². The zero-order valence-electron chi connectivity index (χ0n) is 19.7. The van der Waals surface area contributed by atoms with E-state index in [1.807, 2.05) is 13.0 Å². The van der Waals surface area contributed by atoms with Gasteiger partial charge < -0.3 is 20.9 Å². The number of aryl methyl sites for hydroxylation is 1. The van der Waals surface area contributed by atoms with Gasteiger partial charge in [0.2, 0.25) is 0 Å². The number of carbonyl (C=O) groups is 3. The predicted octanol–water partition coefficient (Wildman–Crippen LogP) is 2.97. The second-order valence-corrected chi connectivity index (χ2v) is 9.34. The second kappa shape index (κ2) is 10.5. The highest BCUT2D eigenvalue weighted by atomic mass is 19.2. The number of hydrogen-bond acceptors (Lipinski definition) is 4. The third-order valence-corrected chi connectivity index (χ3v) is 6.69. The van der Waals surface area contributed by atoms with E-state index < -0.39 is 29.6 Å². The SMILES string of the molecule is Cc1cccc(C(=O)N2CCCN(C(=O)c3ccc(F)c(F)c3)C2C(=O)NC2CCC(N)CC2)c1. The molecule has 1 heterocycles. The van der Waals surface area contributed by atoms with Crippen LogP contribution in [-0.4, -0.2) is 58.9 Å². The number of halogens is 2. The minimum Gasteiger partial charge on any atom is -0.350 e. The molecule has 1 saturated carbocycles. The van der Waals surface area contributed by atoms with Crippen LogP contribution in [0.15, 0.2) is 42.5 Å². The van der Waals surface area contributed by atoms with Crippen molar-refractivity contribution in [2.45, 2.75) is 57.3 Å². The quantitative estimate of drug-likeness (QED) is 0.698. The Hall–Kier alpha value is -3.33. The number of carbonyl (C=O) groups excluding carboxylic acids is 3. The highest BCUT2D eigenvalue weighted by molar-refractivity contribution is 6.01. The first-order chi connectivity index (χ1) is 16.7. The highest BCUT2D eigenvalue weighted by Gasteiger charge is 2.41. The van der Waals surface area contributed by atoms with Gasteiger partial charge in [-0.3, -0.25) is 14.4 Å². The standard InChI is InChI=1S/C26H30F2N4O3/c1-16-4-2-5-17(14-16)25(34)31-12-3-13-32(26(35)18-6-11-21(27)22(28)15-18)24(31)23(33)30-20-9-7-19(29)8-10-20/h2,4-6,11,14-15,19-20,24H,3,7-10,12-13,29H2,1H3,(H,30,33). The molecule has 1 atom stereocenters. The second-order valence-electron chi connectivity index (χ2n) is 9.34. The fourth-order valence-electron chi connectivity index (χ4n) is 4.81. The van der Waals surface area contributed by atoms with Crippen molar-refractivity contribution in [3.63, 3.8) is 0 Å². The Labute approximate surface area is 203 Å². The minimum absolute atomic E-state index is 0.0878. The molecule has 1 aliphatic heterocycles. The average molecular weight is 485 g/mol. The lowest BCUT2D eigenvalue weighted by molar-refractivity contribution is -0.133. The van der Waals surface area contributed by atoms with E-state index in [2.05, 4.69) is 5.32 Å². The van der Waals surface area contributed by atoms with Crippen molar-refractivity contribution in [1.82, 2.24) is 15.1 Å². The van der Waals surface area contributed by atoms with Gasteiger partial charge in [-0.05, 0) is 69.4 Å². The van der Waals surface area contributed by atoms with Gasteiger partial charge in [0.05, 0.1) is 0 Å². The molecule has 1 aliphatic carbocycles. The maximum absolute atomic E-state index is 13.9. The Kier molecular flexibility index (Phi) is 7.45. The molecule has 3 N–H and O–H groups in total. The molecule has 0 spiro atoms. The van der Waals surface area contributed by atoms with Gasteiger partial charge in [0, 0.05) is 36.3 Å². The van der Waals surface area contributed by atoms with Gasteiger partial charge in [0.1, 0.15) is 0 Å². The lowest BCUT2D eigenvalue weighted by Crippen LogP contribution is -2.64. The number of rotatable bonds is 4. The normalized spacial score (nSPS) is 22.6. The van der Waals surface area contributed by atoms with Crippen LogP contribution in [-0.2, 0) is 4.79 Å². The summed E-state index contributed by atoms with van der Waals surface area (Å²) in [4.78, 5) is 43.1. The van der Waals surface area contributed by atoms with Crippen molar-refractivity contribution in [2.24, 2.45) is 5.73 Å². The van der Waals surface area contributed by atoms with Gasteiger partial charge >= 0.3 is 0 Å². The zero-order valence-corrected chi connectivity index (χ0v) is 19.7. The van der Waals surface area contributed by atoms with Gasteiger partial charge in [-0.25, -0.2) is 8.78 Å². The molecule has 0 aromatic heterocycles. The maximum Gasteiger partial charge on any atom is 0.264 e. The monoisotopic (exact) mass is 484 g/mol. The molecule has 7 nitrogen and oxygen atoms in total. The highest BCUT2D eigenvalue weighted by Crippen LogP contribution is 2.24.